The van der Waals surface area contributed by atoms with Crippen LogP contribution in [0.5, 0.6) is 0 Å². The molecule has 17 heavy (non-hydrogen) atoms. The predicted molar refractivity (Wildman–Crippen MR) is 70.6 cm³/mol. The molecule has 1 aliphatic rings. The molecule has 0 amide bonds. The maximum Gasteiger partial charge on any atom is 0.164 e. The minimum Gasteiger partial charge on any atom is -0.311 e. The van der Waals surface area contributed by atoms with E-state index in [2.05, 4.69) is 12.2 Å². The Morgan fingerprint density at radius 3 is 3.00 bits per heavy atom. The molecule has 0 radical (unpaired) electrons. The molecule has 1 fully saturated rings. The highest BCUT2D eigenvalue weighted by Crippen LogP contribution is 2.18. The van der Waals surface area contributed by atoms with Crippen LogP contribution in [0, 0.1) is 0 Å². The van der Waals surface area contributed by atoms with Gasteiger partial charge in [-0.25, -0.2) is 0 Å². The number of hydrogen-bond donors (Lipinski definition) is 1. The normalized spacial score (nSPS) is 24.6. The van der Waals surface area contributed by atoms with Crippen LogP contribution in [-0.2, 0) is 0 Å². The van der Waals surface area contributed by atoms with E-state index in [0.717, 1.165) is 12.0 Å². The van der Waals surface area contributed by atoms with E-state index in [0.29, 0.717) is 23.5 Å². The van der Waals surface area contributed by atoms with E-state index in [1.807, 2.05) is 12.1 Å². The molecule has 0 saturated carbocycles. The molecule has 1 aliphatic heterocycles. The summed E-state index contributed by atoms with van der Waals surface area (Å²) in [7, 11) is 0. The summed E-state index contributed by atoms with van der Waals surface area (Å²) in [5.41, 5.74) is 0.720. The van der Waals surface area contributed by atoms with Gasteiger partial charge in [0, 0.05) is 29.1 Å². The fraction of sp³-hybridized carbons (Fsp3) is 0.500. The molecule has 0 aliphatic carbocycles. The van der Waals surface area contributed by atoms with E-state index in [9.17, 15) is 4.79 Å². The monoisotopic (exact) mass is 251 g/mol. The first kappa shape index (κ1) is 12.6. The van der Waals surface area contributed by atoms with Crippen molar-refractivity contribution in [2.75, 3.05) is 0 Å². The van der Waals surface area contributed by atoms with Crippen molar-refractivity contribution in [1.29, 1.82) is 0 Å². The van der Waals surface area contributed by atoms with Crippen LogP contribution in [0.15, 0.2) is 24.3 Å². The molecular formula is C14H18ClNO. The van der Waals surface area contributed by atoms with Crippen LogP contribution in [-0.4, -0.2) is 17.9 Å². The van der Waals surface area contributed by atoms with Gasteiger partial charge in [-0.05, 0) is 31.9 Å². The van der Waals surface area contributed by atoms with Gasteiger partial charge in [-0.15, -0.1) is 0 Å². The van der Waals surface area contributed by atoms with Crippen molar-refractivity contribution in [3.05, 3.63) is 34.9 Å². The summed E-state index contributed by atoms with van der Waals surface area (Å²) in [6.07, 6.45) is 4.09. The molecule has 0 aromatic heterocycles. The van der Waals surface area contributed by atoms with Gasteiger partial charge in [-0.2, -0.15) is 0 Å². The number of carbonyl (C=O) groups excluding carboxylic acids is 1. The summed E-state index contributed by atoms with van der Waals surface area (Å²) in [4.78, 5) is 12.1. The average Bonchev–Trinajstić information content (AvgIpc) is 2.29. The van der Waals surface area contributed by atoms with Crippen molar-refractivity contribution in [3.63, 3.8) is 0 Å². The lowest BCUT2D eigenvalue weighted by Gasteiger charge is -2.28. The number of ketones is 1. The molecule has 2 atom stereocenters. The fourth-order valence-corrected chi connectivity index (χ4v) is 2.59. The van der Waals surface area contributed by atoms with Crippen molar-refractivity contribution in [2.24, 2.45) is 0 Å². The summed E-state index contributed by atoms with van der Waals surface area (Å²) in [5, 5.41) is 4.10. The van der Waals surface area contributed by atoms with Gasteiger partial charge in [-0.1, -0.05) is 30.2 Å². The number of carbonyl (C=O) groups is 1. The molecule has 2 nitrogen and oxygen atoms in total. The minimum absolute atomic E-state index is 0.180. The van der Waals surface area contributed by atoms with Gasteiger partial charge in [0.05, 0.1) is 0 Å². The summed E-state index contributed by atoms with van der Waals surface area (Å²) in [6, 6.07) is 8.05. The fourth-order valence-electron chi connectivity index (χ4n) is 2.40. The Morgan fingerprint density at radius 2 is 2.29 bits per heavy atom. The minimum atomic E-state index is 0.180. The number of piperidine rings is 1. The lowest BCUT2D eigenvalue weighted by atomic mass is 9.94. The molecule has 1 N–H and O–H groups in total. The number of rotatable bonds is 3. The molecule has 0 spiro atoms. The number of hydrogen-bond acceptors (Lipinski definition) is 2. The third-order valence-corrected chi connectivity index (χ3v) is 3.52. The second kappa shape index (κ2) is 5.65. The molecule has 92 valence electrons. The summed E-state index contributed by atoms with van der Waals surface area (Å²) in [5.74, 6) is 0.180. The quantitative estimate of drug-likeness (QED) is 0.834. The van der Waals surface area contributed by atoms with Gasteiger partial charge in [0.2, 0.25) is 0 Å². The van der Waals surface area contributed by atoms with Crippen LogP contribution in [0.1, 0.15) is 43.0 Å². The highest BCUT2D eigenvalue weighted by atomic mass is 35.5. The van der Waals surface area contributed by atoms with Crippen LogP contribution in [0.3, 0.4) is 0 Å². The molecule has 2 rings (SSSR count). The Labute approximate surface area is 107 Å². The molecule has 2 unspecified atom stereocenters. The molecule has 1 aromatic rings. The van der Waals surface area contributed by atoms with E-state index in [4.69, 9.17) is 11.6 Å². The SMILES string of the molecule is CC1CCCC(CC(=O)c2cccc(Cl)c2)N1. The van der Waals surface area contributed by atoms with Crippen molar-refractivity contribution < 1.29 is 4.79 Å². The van der Waals surface area contributed by atoms with Crippen molar-refractivity contribution in [2.45, 2.75) is 44.7 Å². The highest BCUT2D eigenvalue weighted by Gasteiger charge is 2.20. The Hall–Kier alpha value is -0.860. The maximum absolute atomic E-state index is 12.1. The summed E-state index contributed by atoms with van der Waals surface area (Å²) >= 11 is 5.89. The van der Waals surface area contributed by atoms with Crippen molar-refractivity contribution in [1.82, 2.24) is 5.32 Å². The molecule has 1 saturated heterocycles. The smallest absolute Gasteiger partial charge is 0.164 e. The Bertz CT molecular complexity index is 405. The topological polar surface area (TPSA) is 29.1 Å². The third kappa shape index (κ3) is 3.55. The maximum atomic E-state index is 12.1. The molecule has 1 aromatic carbocycles. The van der Waals surface area contributed by atoms with Crippen LogP contribution in [0.2, 0.25) is 5.02 Å². The predicted octanol–water partition coefficient (Wildman–Crippen LogP) is 3.44. The Kier molecular flexibility index (Phi) is 4.19. The number of nitrogens with one attached hydrogen (secondary N) is 1. The Morgan fingerprint density at radius 1 is 1.47 bits per heavy atom. The number of Topliss-reactive ketones (excluding diaryl/α,β-unsaturated/α-hetero) is 1. The third-order valence-electron chi connectivity index (χ3n) is 3.29. The zero-order valence-electron chi connectivity index (χ0n) is 10.1. The zero-order valence-corrected chi connectivity index (χ0v) is 10.8. The van der Waals surface area contributed by atoms with E-state index in [1.165, 1.54) is 12.8 Å². The highest BCUT2D eigenvalue weighted by molar-refractivity contribution is 6.31. The summed E-state index contributed by atoms with van der Waals surface area (Å²) < 4.78 is 0. The first-order valence-corrected chi connectivity index (χ1v) is 6.58. The van der Waals surface area contributed by atoms with E-state index in [-0.39, 0.29) is 5.78 Å². The second-order valence-corrected chi connectivity index (χ2v) is 5.27. The largest absolute Gasteiger partial charge is 0.311 e. The van der Waals surface area contributed by atoms with Crippen LogP contribution in [0.25, 0.3) is 0 Å². The average molecular weight is 252 g/mol. The van der Waals surface area contributed by atoms with Crippen molar-refractivity contribution >= 4 is 17.4 Å². The molecule has 0 bridgehead atoms. The van der Waals surface area contributed by atoms with Gasteiger partial charge in [0.15, 0.2) is 5.78 Å². The lowest BCUT2D eigenvalue weighted by molar-refractivity contribution is 0.0960. The van der Waals surface area contributed by atoms with E-state index < -0.39 is 0 Å². The van der Waals surface area contributed by atoms with Gasteiger partial charge in [0.25, 0.3) is 0 Å². The van der Waals surface area contributed by atoms with Crippen LogP contribution >= 0.6 is 11.6 Å². The number of benzene rings is 1. The van der Waals surface area contributed by atoms with Crippen LogP contribution < -0.4 is 5.32 Å². The first-order valence-electron chi connectivity index (χ1n) is 6.20. The molecule has 1 heterocycles. The number of halogens is 1. The van der Waals surface area contributed by atoms with Gasteiger partial charge < -0.3 is 5.32 Å². The molecule has 3 heteroatoms. The molecular weight excluding hydrogens is 234 g/mol. The van der Waals surface area contributed by atoms with Crippen molar-refractivity contribution in [3.8, 4) is 0 Å². The summed E-state index contributed by atoms with van der Waals surface area (Å²) in [6.45, 7) is 2.18. The van der Waals surface area contributed by atoms with E-state index >= 15 is 0 Å². The van der Waals surface area contributed by atoms with Gasteiger partial charge in [-0.3, -0.25) is 4.79 Å². The first-order chi connectivity index (χ1) is 8.15. The van der Waals surface area contributed by atoms with Gasteiger partial charge >= 0.3 is 0 Å². The van der Waals surface area contributed by atoms with Crippen LogP contribution in [0.4, 0.5) is 0 Å². The second-order valence-electron chi connectivity index (χ2n) is 4.83. The standard InChI is InChI=1S/C14H18ClNO/c1-10-4-2-7-13(16-10)9-14(17)11-5-3-6-12(15)8-11/h3,5-6,8,10,13,16H,2,4,7,9H2,1H3. The van der Waals surface area contributed by atoms with Gasteiger partial charge in [0.1, 0.15) is 0 Å². The lowest BCUT2D eigenvalue weighted by Crippen LogP contribution is -2.41. The Balaban J connectivity index is 1.97. The zero-order chi connectivity index (χ0) is 12.3. The van der Waals surface area contributed by atoms with E-state index in [1.54, 1.807) is 12.1 Å².